The van der Waals surface area contributed by atoms with Crippen LogP contribution in [0.15, 0.2) is 0 Å². The van der Waals surface area contributed by atoms with E-state index in [-0.39, 0.29) is 0 Å². The Morgan fingerprint density at radius 2 is 0.226 bits per heavy atom. The molecular formula is C18Br35. The highest BCUT2D eigenvalue weighted by atomic mass is 80.0. The van der Waals surface area contributed by atoms with Gasteiger partial charge in [0, 0.05) is 0 Å². The molecule has 0 aromatic heterocycles. The molecule has 0 N–H and O–H groups in total. The summed E-state index contributed by atoms with van der Waals surface area (Å²) < 4.78 is -22.0. The predicted octanol–water partition coefficient (Wildman–Crippen LogP) is 26.2. The van der Waals surface area contributed by atoms with Gasteiger partial charge in [-0.15, -0.1) is 0 Å². The zero-order valence-electron chi connectivity index (χ0n) is 22.2. The molecule has 1 fully saturated rings. The van der Waals surface area contributed by atoms with E-state index in [0.29, 0.717) is 4.83 Å². The summed E-state index contributed by atoms with van der Waals surface area (Å²) in [7, 11) is 0. The predicted molar refractivity (Wildman–Crippen MR) is 362 cm³/mol. The van der Waals surface area contributed by atoms with Crippen molar-refractivity contribution < 1.29 is 0 Å². The van der Waals surface area contributed by atoms with E-state index in [1.165, 1.54) is 0 Å². The molecule has 0 heterocycles. The summed E-state index contributed by atoms with van der Waals surface area (Å²) in [5, 5.41) is 0. The van der Waals surface area contributed by atoms with Crippen LogP contribution in [0.3, 0.4) is 0 Å². The third-order valence-corrected chi connectivity index (χ3v) is 83.9. The number of halogens is 35. The van der Waals surface area contributed by atoms with Crippen LogP contribution in [0.25, 0.3) is 0 Å². The fourth-order valence-electron chi connectivity index (χ4n) is 3.43. The Morgan fingerprint density at radius 1 is 0.151 bits per heavy atom. The summed E-state index contributed by atoms with van der Waals surface area (Å²) in [6.07, 6.45) is 0. The van der Waals surface area contributed by atoms with Crippen molar-refractivity contribution in [2.75, 3.05) is 0 Å². The number of hydrogen-bond acceptors (Lipinski definition) is 0. The van der Waals surface area contributed by atoms with Gasteiger partial charge in [0.1, 0.15) is 59.8 Å². The van der Waals surface area contributed by atoms with Gasteiger partial charge in [0.05, 0.1) is 0 Å². The first-order valence-corrected chi connectivity index (χ1v) is 38.9. The zero-order chi connectivity index (χ0) is 44.1. The Balaban J connectivity index is 4.86. The first-order chi connectivity index (χ1) is 22.2. The third-order valence-electron chi connectivity index (χ3n) is 6.86. The summed E-state index contributed by atoms with van der Waals surface area (Å²) in [4.78, 5) is 0.533. The lowest BCUT2D eigenvalue weighted by Crippen LogP contribution is -2.74. The standard InChI is InChI=1S/C18Br35/c19-1-2(20,21)4(24,25)6(28,29)8(32,33)10(36,37)12(40,41)14(44,45)16(48,49)18(52,53)17(50,51)15(46,47)13(42,43)11(38,39)9(34,35)7(30,31)5(26,27)3(1,22)23. The van der Waals surface area contributed by atoms with Crippen molar-refractivity contribution in [2.45, 2.75) is 55.0 Å². The van der Waals surface area contributed by atoms with Crippen molar-refractivity contribution in [3.8, 4) is 0 Å². The van der Waals surface area contributed by atoms with Gasteiger partial charge in [0.2, 0.25) is 0 Å². The van der Waals surface area contributed by atoms with Gasteiger partial charge in [-0.2, -0.15) is 0 Å². The molecule has 35 heteroatoms. The molecule has 0 aromatic rings. The molecule has 0 spiro atoms. The quantitative estimate of drug-likeness (QED) is 0.212. The second-order valence-corrected chi connectivity index (χ2v) is 69.4. The molecule has 1 aliphatic carbocycles. The van der Waals surface area contributed by atoms with E-state index < -0.39 is 55.0 Å². The summed E-state index contributed by atoms with van der Waals surface area (Å²) in [5.74, 6) is 0. The van der Waals surface area contributed by atoms with E-state index >= 15 is 0 Å². The van der Waals surface area contributed by atoms with E-state index in [1.54, 1.807) is 0 Å². The minimum Gasteiger partial charge on any atom is -0.0785 e. The second-order valence-electron chi connectivity index (χ2n) is 10.1. The van der Waals surface area contributed by atoms with Crippen LogP contribution < -0.4 is 0 Å². The summed E-state index contributed by atoms with van der Waals surface area (Å²) in [5.41, 5.74) is 0. The van der Waals surface area contributed by atoms with Crippen molar-refractivity contribution in [1.29, 1.82) is 0 Å². The average Bonchev–Trinajstić information content (AvgIpc) is 2.94. The molecule has 0 aromatic carbocycles. The van der Waals surface area contributed by atoms with Gasteiger partial charge in [0.15, 0.2) is 0 Å². The van der Waals surface area contributed by atoms with Crippen LogP contribution in [0.5, 0.6) is 0 Å². The third kappa shape index (κ3) is 10.3. The van der Waals surface area contributed by atoms with Crippen LogP contribution in [-0.2, 0) is 0 Å². The van der Waals surface area contributed by atoms with Crippen LogP contribution >= 0.6 is 558 Å². The Labute approximate surface area is 601 Å². The van der Waals surface area contributed by atoms with Crippen LogP contribution in [0.2, 0.25) is 0 Å². The molecule has 317 valence electrons. The molecule has 0 saturated heterocycles. The first-order valence-electron chi connectivity index (χ1n) is 11.1. The van der Waals surface area contributed by atoms with Gasteiger partial charge >= 0.3 is 0 Å². The highest BCUT2D eigenvalue weighted by Crippen LogP contribution is 2.85. The highest BCUT2D eigenvalue weighted by Gasteiger charge is 2.85. The van der Waals surface area contributed by atoms with Crippen LogP contribution in [0.1, 0.15) is 0 Å². The lowest BCUT2D eigenvalue weighted by atomic mass is 9.98. The second kappa shape index (κ2) is 21.3. The maximum atomic E-state index is 4.03. The normalized spacial score (nSPS) is 33.8. The van der Waals surface area contributed by atoms with E-state index in [4.69, 9.17) is 0 Å². The van der Waals surface area contributed by atoms with Crippen molar-refractivity contribution in [2.24, 2.45) is 0 Å². The fourth-order valence-corrected chi connectivity index (χ4v) is 41.9. The van der Waals surface area contributed by atoms with Crippen molar-refractivity contribution in [3.63, 3.8) is 0 Å². The fraction of sp³-hybridized carbons (Fsp3) is 0.944. The largest absolute Gasteiger partial charge is 0.135 e. The molecule has 1 aliphatic rings. The van der Waals surface area contributed by atoms with E-state index in [2.05, 4.69) is 558 Å². The Kier molecular flexibility index (Phi) is 27.3. The maximum absolute atomic E-state index is 4.03. The van der Waals surface area contributed by atoms with Crippen LogP contribution in [-0.4, -0.2) is 55.0 Å². The molecule has 0 atom stereocenters. The molecule has 1 radical (unpaired) electrons. The zero-order valence-corrected chi connectivity index (χ0v) is 77.7. The molecule has 53 heavy (non-hydrogen) atoms. The lowest BCUT2D eigenvalue weighted by Gasteiger charge is -2.63. The number of rotatable bonds is 0. The first kappa shape index (κ1) is 67.8. The van der Waals surface area contributed by atoms with E-state index in [9.17, 15) is 0 Å². The Hall–Kier alpha value is 16.8. The van der Waals surface area contributed by atoms with Gasteiger partial charge in [-0.05, 0) is 0 Å². The van der Waals surface area contributed by atoms with Crippen LogP contribution in [0, 0.1) is 4.83 Å². The van der Waals surface area contributed by atoms with Gasteiger partial charge < -0.3 is 0 Å². The highest BCUT2D eigenvalue weighted by molar-refractivity contribution is 9.40. The van der Waals surface area contributed by atoms with Gasteiger partial charge in [-0.1, -0.05) is 558 Å². The summed E-state index contributed by atoms with van der Waals surface area (Å²) >= 11 is 141. The van der Waals surface area contributed by atoms with Crippen molar-refractivity contribution in [1.82, 2.24) is 0 Å². The van der Waals surface area contributed by atoms with E-state index in [0.717, 1.165) is 0 Å². The molecule has 0 bridgehead atoms. The molecule has 1 rings (SSSR count). The van der Waals surface area contributed by atoms with Crippen LogP contribution in [0.4, 0.5) is 0 Å². The lowest BCUT2D eigenvalue weighted by molar-refractivity contribution is 0.512. The van der Waals surface area contributed by atoms with E-state index in [1.807, 2.05) is 0 Å². The Bertz CT molecular complexity index is 1290. The minimum absolute atomic E-state index is 0.533. The molecule has 1 saturated carbocycles. The Morgan fingerprint density at radius 3 is 0.321 bits per heavy atom. The van der Waals surface area contributed by atoms with Crippen molar-refractivity contribution >= 4 is 558 Å². The molecule has 0 nitrogen and oxygen atoms in total. The SMILES string of the molecule is Br[C]1C(Br)(Br)C(Br)(Br)C(Br)(Br)C(Br)(Br)C(Br)(Br)C(Br)(Br)C(Br)(Br)C(Br)(Br)C(Br)(Br)C(Br)(Br)C(Br)(Br)C(Br)(Br)C(Br)(Br)C(Br)(Br)C(Br)(Br)C(Br)(Br)C1(Br)Br. The molecule has 0 unspecified atom stereocenters. The summed E-state index contributed by atoms with van der Waals surface area (Å²) in [6.45, 7) is 0. The van der Waals surface area contributed by atoms with Gasteiger partial charge in [-0.25, -0.2) is 0 Å². The number of alkyl halides is 34. The maximum Gasteiger partial charge on any atom is 0.135 e. The monoisotopic (exact) mass is 2980 g/mol. The topological polar surface area (TPSA) is 0 Å². The molecule has 0 aliphatic heterocycles. The smallest absolute Gasteiger partial charge is 0.0785 e. The average molecular weight is 3010 g/mol. The van der Waals surface area contributed by atoms with Gasteiger partial charge in [0.25, 0.3) is 0 Å². The van der Waals surface area contributed by atoms with Gasteiger partial charge in [-0.3, -0.25) is 0 Å². The minimum atomic E-state index is -1.32. The molecular weight excluding hydrogens is 3010 g/mol. The number of hydrogen-bond donors (Lipinski definition) is 0. The van der Waals surface area contributed by atoms with Crippen molar-refractivity contribution in [3.05, 3.63) is 4.83 Å². The summed E-state index contributed by atoms with van der Waals surface area (Å²) in [6, 6.07) is 0. The molecule has 0 amide bonds.